The van der Waals surface area contributed by atoms with Gasteiger partial charge in [0, 0.05) is 0 Å². The normalized spacial score (nSPS) is 52.1. The van der Waals surface area contributed by atoms with Crippen molar-refractivity contribution in [2.24, 2.45) is 0 Å². The van der Waals surface area contributed by atoms with Crippen molar-refractivity contribution in [1.82, 2.24) is 0 Å². The third kappa shape index (κ3) is 4.96. The summed E-state index contributed by atoms with van der Waals surface area (Å²) in [5, 5.41) is 110. The van der Waals surface area contributed by atoms with E-state index in [1.165, 1.54) is 0 Å². The van der Waals surface area contributed by atoms with Crippen molar-refractivity contribution in [2.75, 3.05) is 26.4 Å². The lowest BCUT2D eigenvalue weighted by atomic mass is 9.96. The Labute approximate surface area is 192 Å². The Morgan fingerprint density at radius 2 is 1.15 bits per heavy atom. The molecule has 0 radical (unpaired) electrons. The molecular weight excluding hydrogens is 472 g/mol. The molecule has 3 fully saturated rings. The smallest absolute Gasteiger partial charge is 0.224 e. The zero-order chi connectivity index (χ0) is 25.4. The predicted octanol–water partition coefficient (Wildman–Crippen LogP) is -7.57. The molecule has 0 aromatic carbocycles. The van der Waals surface area contributed by atoms with Crippen LogP contribution in [-0.4, -0.2) is 168 Å². The second-order valence-electron chi connectivity index (χ2n) is 8.37. The van der Waals surface area contributed by atoms with Crippen molar-refractivity contribution in [3.8, 4) is 0 Å². The minimum absolute atomic E-state index is 0.752. The molecule has 3 aliphatic heterocycles. The van der Waals surface area contributed by atoms with E-state index in [0.717, 1.165) is 0 Å². The van der Waals surface area contributed by atoms with Gasteiger partial charge in [-0.15, -0.1) is 0 Å². The molecule has 16 heteroatoms. The van der Waals surface area contributed by atoms with Crippen LogP contribution in [0.2, 0.25) is 0 Å². The Bertz CT molecular complexity index is 653. The summed E-state index contributed by atoms with van der Waals surface area (Å²) in [5.74, 6) is -2.38. The summed E-state index contributed by atoms with van der Waals surface area (Å²) in [5.41, 5.74) is 0. The number of hydrogen-bond donors (Lipinski definition) is 11. The number of aliphatic hydroxyl groups excluding tert-OH is 11. The summed E-state index contributed by atoms with van der Waals surface area (Å²) < 4.78 is 26.6. The highest BCUT2D eigenvalue weighted by atomic mass is 16.8. The summed E-state index contributed by atoms with van der Waals surface area (Å²) in [6.45, 7) is -3.42. The summed E-state index contributed by atoms with van der Waals surface area (Å²) >= 11 is 0. The molecule has 34 heavy (non-hydrogen) atoms. The van der Waals surface area contributed by atoms with Crippen LogP contribution in [0.4, 0.5) is 0 Å². The Hall–Kier alpha value is -0.640. The first kappa shape index (κ1) is 27.9. The third-order valence-corrected chi connectivity index (χ3v) is 6.18. The van der Waals surface area contributed by atoms with Crippen LogP contribution in [0.25, 0.3) is 0 Å². The Morgan fingerprint density at radius 3 is 1.68 bits per heavy atom. The maximum absolute atomic E-state index is 10.8. The van der Waals surface area contributed by atoms with Gasteiger partial charge in [0.1, 0.15) is 73.8 Å². The van der Waals surface area contributed by atoms with E-state index in [4.69, 9.17) is 23.7 Å². The molecule has 3 heterocycles. The highest BCUT2D eigenvalue weighted by Crippen LogP contribution is 2.37. The predicted molar refractivity (Wildman–Crippen MR) is 101 cm³/mol. The van der Waals surface area contributed by atoms with Crippen LogP contribution in [0.3, 0.4) is 0 Å². The maximum Gasteiger partial charge on any atom is 0.224 e. The molecule has 0 unspecified atom stereocenters. The van der Waals surface area contributed by atoms with Gasteiger partial charge >= 0.3 is 0 Å². The maximum atomic E-state index is 10.8. The molecule has 0 aliphatic carbocycles. The highest BCUT2D eigenvalue weighted by molar-refractivity contribution is 4.99. The largest absolute Gasteiger partial charge is 0.394 e. The molecule has 0 aromatic rings. The standard InChI is InChI=1S/C18H32O16/c19-1-5-8(23)11(26)12(27)16(30-5)32-14-9(24)6(2-20)31-17(13(14)28)34-18(4-22)15(29)10(25)7(3-21)33-18/h5-17,19-29H,1-4H2/t5-,6-,7-,8-,9-,10-,11+,12-,13-,14+,15+,16-,17-,18+/m1/s1. The van der Waals surface area contributed by atoms with Crippen molar-refractivity contribution >= 4 is 0 Å². The van der Waals surface area contributed by atoms with Gasteiger partial charge in [-0.2, -0.15) is 0 Å². The second kappa shape index (κ2) is 11.2. The number of rotatable bonds is 8. The molecule has 11 N–H and O–H groups in total. The van der Waals surface area contributed by atoms with E-state index in [1.807, 2.05) is 0 Å². The van der Waals surface area contributed by atoms with Crippen molar-refractivity contribution in [2.45, 2.75) is 85.5 Å². The molecule has 0 bridgehead atoms. The minimum atomic E-state index is -2.38. The van der Waals surface area contributed by atoms with Crippen LogP contribution >= 0.6 is 0 Å². The average Bonchev–Trinajstić information content (AvgIpc) is 3.08. The highest BCUT2D eigenvalue weighted by Gasteiger charge is 2.59. The van der Waals surface area contributed by atoms with Crippen molar-refractivity contribution in [1.29, 1.82) is 0 Å². The Morgan fingerprint density at radius 1 is 0.588 bits per heavy atom. The van der Waals surface area contributed by atoms with Crippen LogP contribution in [0, 0.1) is 0 Å². The number of ether oxygens (including phenoxy) is 5. The zero-order valence-electron chi connectivity index (χ0n) is 17.8. The zero-order valence-corrected chi connectivity index (χ0v) is 17.8. The van der Waals surface area contributed by atoms with Crippen molar-refractivity contribution < 1.29 is 79.9 Å². The third-order valence-electron chi connectivity index (χ3n) is 6.18. The van der Waals surface area contributed by atoms with Crippen molar-refractivity contribution in [3.63, 3.8) is 0 Å². The van der Waals surface area contributed by atoms with Gasteiger partial charge in [0.25, 0.3) is 0 Å². The number of aliphatic hydroxyl groups is 11. The summed E-state index contributed by atoms with van der Waals surface area (Å²) in [7, 11) is 0. The molecule has 200 valence electrons. The van der Waals surface area contributed by atoms with E-state index >= 15 is 0 Å². The van der Waals surface area contributed by atoms with E-state index < -0.39 is 112 Å². The SMILES string of the molecule is OC[C@H]1O[C@@](CO)(O[C@H]2O[C@H](CO)[C@@H](O)[C@H](O[C@H]3O[C@H](CO)[C@@H](O)[C@H](O)[C@H]3O)[C@H]2O)[C@@H](O)[C@@H]1O. The van der Waals surface area contributed by atoms with Crippen molar-refractivity contribution in [3.05, 3.63) is 0 Å². The fourth-order valence-electron chi connectivity index (χ4n) is 4.11. The van der Waals surface area contributed by atoms with E-state index in [0.29, 0.717) is 0 Å². The molecule has 16 nitrogen and oxygen atoms in total. The Balaban J connectivity index is 1.81. The van der Waals surface area contributed by atoms with Gasteiger partial charge in [-0.1, -0.05) is 0 Å². The molecule has 0 amide bonds. The lowest BCUT2D eigenvalue weighted by Crippen LogP contribution is -2.66. The molecular formula is C18H32O16. The van der Waals surface area contributed by atoms with Crippen LogP contribution in [0.15, 0.2) is 0 Å². The van der Waals surface area contributed by atoms with E-state index in [9.17, 15) is 56.2 Å². The van der Waals surface area contributed by atoms with Gasteiger partial charge in [0.05, 0.1) is 19.8 Å². The van der Waals surface area contributed by atoms with Gasteiger partial charge in [-0.3, -0.25) is 0 Å². The van der Waals surface area contributed by atoms with Crippen LogP contribution in [0.1, 0.15) is 0 Å². The molecule has 14 atom stereocenters. The topological polar surface area (TPSA) is 269 Å². The molecule has 0 spiro atoms. The van der Waals surface area contributed by atoms with Crippen LogP contribution < -0.4 is 0 Å². The summed E-state index contributed by atoms with van der Waals surface area (Å²) in [4.78, 5) is 0. The quantitative estimate of drug-likeness (QED) is 0.146. The molecule has 3 saturated heterocycles. The second-order valence-corrected chi connectivity index (χ2v) is 8.37. The fourth-order valence-corrected chi connectivity index (χ4v) is 4.11. The molecule has 0 saturated carbocycles. The molecule has 0 aromatic heterocycles. The van der Waals surface area contributed by atoms with E-state index in [1.54, 1.807) is 0 Å². The van der Waals surface area contributed by atoms with Gasteiger partial charge in [0.15, 0.2) is 12.6 Å². The lowest BCUT2D eigenvalue weighted by molar-refractivity contribution is -0.399. The monoisotopic (exact) mass is 504 g/mol. The Kier molecular flexibility index (Phi) is 9.18. The van der Waals surface area contributed by atoms with Crippen LogP contribution in [-0.2, 0) is 23.7 Å². The van der Waals surface area contributed by atoms with Gasteiger partial charge in [-0.05, 0) is 0 Å². The molecule has 3 rings (SSSR count). The van der Waals surface area contributed by atoms with Gasteiger partial charge in [-0.25, -0.2) is 0 Å². The summed E-state index contributed by atoms with van der Waals surface area (Å²) in [6.07, 6.45) is -22.3. The molecule has 3 aliphatic rings. The first-order chi connectivity index (χ1) is 16.0. The summed E-state index contributed by atoms with van der Waals surface area (Å²) in [6, 6.07) is 0. The fraction of sp³-hybridized carbons (Fsp3) is 1.00. The van der Waals surface area contributed by atoms with Gasteiger partial charge in [0.2, 0.25) is 5.79 Å². The average molecular weight is 504 g/mol. The van der Waals surface area contributed by atoms with Crippen LogP contribution in [0.5, 0.6) is 0 Å². The number of hydrogen-bond acceptors (Lipinski definition) is 16. The van der Waals surface area contributed by atoms with Gasteiger partial charge < -0.3 is 79.9 Å². The first-order valence-corrected chi connectivity index (χ1v) is 10.6. The van der Waals surface area contributed by atoms with E-state index in [-0.39, 0.29) is 0 Å². The lowest BCUT2D eigenvalue weighted by Gasteiger charge is -2.47. The first-order valence-electron chi connectivity index (χ1n) is 10.6. The van der Waals surface area contributed by atoms with E-state index in [2.05, 4.69) is 0 Å². The minimum Gasteiger partial charge on any atom is -0.394 e.